The van der Waals surface area contributed by atoms with Crippen LogP contribution in [-0.2, 0) is 43.1 Å². The fourth-order valence-corrected chi connectivity index (χ4v) is 12.7. The highest BCUT2D eigenvalue weighted by atomic mass is 16.5. The van der Waals surface area contributed by atoms with Gasteiger partial charge in [0, 0.05) is 71.6 Å². The summed E-state index contributed by atoms with van der Waals surface area (Å²) in [5.74, 6) is -0.239. The summed E-state index contributed by atoms with van der Waals surface area (Å²) in [7, 11) is 9.26. The Labute approximate surface area is 430 Å². The molecule has 0 aromatic heterocycles. The van der Waals surface area contributed by atoms with Gasteiger partial charge >= 0.3 is 0 Å². The molecule has 19 nitrogen and oxygen atoms in total. The first kappa shape index (κ1) is 50.5. The van der Waals surface area contributed by atoms with Gasteiger partial charge in [-0.25, -0.2) is 0 Å². The van der Waals surface area contributed by atoms with Gasteiger partial charge in [-0.1, -0.05) is 72.9 Å². The van der Waals surface area contributed by atoms with Gasteiger partial charge in [-0.2, -0.15) is 0 Å². The van der Waals surface area contributed by atoms with Crippen LogP contribution in [0.15, 0.2) is 97.1 Å². The Hall–Kier alpha value is -8.06. The van der Waals surface area contributed by atoms with Crippen molar-refractivity contribution in [3.8, 4) is 0 Å². The van der Waals surface area contributed by atoms with E-state index in [0.717, 1.165) is 33.4 Å². The van der Waals surface area contributed by atoms with Crippen LogP contribution < -0.4 is 0 Å². The SMILES string of the molecule is CN1C(=O)C2C3C=CC(C3)C2C1=O.CN1C(=O)C2C3C=CC(C3)C2C1=O.CN1C(=O)C2C3C=CC(O3)C2C1=O.CN1C(=O)CCC1=O.CN1C(=O)c2cccc3cccc(c23)C1=O.CN1C(=O)c2ccccc2C1=O. The van der Waals surface area contributed by atoms with Gasteiger partial charge in [-0.3, -0.25) is 86.9 Å². The Morgan fingerprint density at radius 2 is 0.653 bits per heavy atom. The molecule has 7 fully saturated rings. The molecule has 386 valence electrons. The van der Waals surface area contributed by atoms with Gasteiger partial charge in [0.1, 0.15) is 0 Å². The average molecular weight is 1020 g/mol. The summed E-state index contributed by atoms with van der Waals surface area (Å²) in [6, 6.07) is 17.9. The van der Waals surface area contributed by atoms with Gasteiger partial charge in [-0.15, -0.1) is 0 Å². The molecule has 0 radical (unpaired) electrons. The third kappa shape index (κ3) is 8.06. The second-order valence-corrected chi connectivity index (χ2v) is 20.6. The fourth-order valence-electron chi connectivity index (χ4n) is 12.7. The number of allylic oxidation sites excluding steroid dienone is 4. The van der Waals surface area contributed by atoms with Crippen LogP contribution in [0.25, 0.3) is 10.8 Å². The van der Waals surface area contributed by atoms with Crippen LogP contribution in [0.1, 0.15) is 67.1 Å². The number of ether oxygens (including phenoxy) is 1. The number of carbonyl (C=O) groups is 12. The molecule has 12 amide bonds. The average Bonchev–Trinajstić information content (AvgIpc) is 4.34. The third-order valence-corrected chi connectivity index (χ3v) is 16.8. The molecule has 12 unspecified atom stereocenters. The number of benzene rings is 3. The van der Waals surface area contributed by atoms with Crippen LogP contribution in [0.2, 0.25) is 0 Å². The lowest BCUT2D eigenvalue weighted by atomic mass is 9.85. The van der Waals surface area contributed by atoms with E-state index in [1.807, 2.05) is 36.4 Å². The molecule has 0 spiro atoms. The van der Waals surface area contributed by atoms with Crippen molar-refractivity contribution < 1.29 is 62.3 Å². The van der Waals surface area contributed by atoms with Crippen LogP contribution in [0.3, 0.4) is 0 Å². The summed E-state index contributed by atoms with van der Waals surface area (Å²) >= 11 is 0. The molecule has 12 atom stereocenters. The summed E-state index contributed by atoms with van der Waals surface area (Å²) in [5.41, 5.74) is 2.22. The van der Waals surface area contributed by atoms with Crippen LogP contribution in [-0.4, -0.2) is 155 Å². The van der Waals surface area contributed by atoms with E-state index in [1.165, 1.54) is 40.7 Å². The molecule has 4 aliphatic carbocycles. The minimum absolute atomic E-state index is 0.0208. The molecule has 5 saturated heterocycles. The van der Waals surface area contributed by atoms with Gasteiger partial charge in [-0.05, 0) is 66.2 Å². The lowest BCUT2D eigenvalue weighted by Gasteiger charge is -2.23. The highest BCUT2D eigenvalue weighted by molar-refractivity contribution is 6.25. The number of fused-ring (bicyclic) bond motifs is 16. The second-order valence-electron chi connectivity index (χ2n) is 20.6. The van der Waals surface area contributed by atoms with E-state index < -0.39 is 0 Å². The van der Waals surface area contributed by atoms with Gasteiger partial charge in [0.05, 0.1) is 58.8 Å². The third-order valence-electron chi connectivity index (χ3n) is 16.8. The summed E-state index contributed by atoms with van der Waals surface area (Å²) in [4.78, 5) is 145. The highest BCUT2D eigenvalue weighted by Gasteiger charge is 2.61. The molecule has 2 saturated carbocycles. The van der Waals surface area contributed by atoms with Crippen molar-refractivity contribution in [3.05, 3.63) is 119 Å². The van der Waals surface area contributed by atoms with Crippen molar-refractivity contribution >= 4 is 81.7 Å². The van der Waals surface area contributed by atoms with E-state index >= 15 is 0 Å². The lowest BCUT2D eigenvalue weighted by molar-refractivity contribution is -0.141. The van der Waals surface area contributed by atoms with E-state index in [0.29, 0.717) is 58.8 Å². The number of rotatable bonds is 0. The lowest BCUT2D eigenvalue weighted by Crippen LogP contribution is -2.36. The van der Waals surface area contributed by atoms with E-state index in [9.17, 15) is 57.5 Å². The first-order valence-electron chi connectivity index (χ1n) is 24.9. The second kappa shape index (κ2) is 19.0. The van der Waals surface area contributed by atoms with Crippen molar-refractivity contribution in [3.63, 3.8) is 0 Å². The van der Waals surface area contributed by atoms with Crippen molar-refractivity contribution in [2.75, 3.05) is 42.3 Å². The maximum Gasteiger partial charge on any atom is 0.261 e. The Morgan fingerprint density at radius 1 is 0.347 bits per heavy atom. The Kier molecular flexibility index (Phi) is 12.8. The molecular weight excluding hydrogens is 965 g/mol. The molecule has 19 heteroatoms. The highest BCUT2D eigenvalue weighted by Crippen LogP contribution is 2.53. The number of hydrogen-bond donors (Lipinski definition) is 0. The first-order valence-corrected chi connectivity index (χ1v) is 24.9. The van der Waals surface area contributed by atoms with Crippen LogP contribution in [0, 0.1) is 59.2 Å². The maximum atomic E-state index is 11.9. The van der Waals surface area contributed by atoms with Crippen molar-refractivity contribution in [2.24, 2.45) is 59.2 Å². The van der Waals surface area contributed by atoms with Crippen molar-refractivity contribution in [1.82, 2.24) is 29.4 Å². The number of nitrogens with zero attached hydrogens (tertiary/aromatic N) is 6. The van der Waals surface area contributed by atoms with Gasteiger partial charge in [0.25, 0.3) is 23.6 Å². The Morgan fingerprint density at radius 3 is 0.973 bits per heavy atom. The first-order chi connectivity index (χ1) is 35.7. The summed E-state index contributed by atoms with van der Waals surface area (Å²) in [6.45, 7) is 0. The number of carbonyl (C=O) groups excluding carboxylic acids is 12. The molecule has 3 aromatic rings. The fraction of sp³-hybridized carbons (Fsp3) is 0.393. The molecule has 3 aromatic carbocycles. The molecular formula is C56H54N6O13. The number of likely N-dealkylation sites (tertiary alicyclic amines) is 4. The van der Waals surface area contributed by atoms with E-state index in [1.54, 1.807) is 57.5 Å². The van der Waals surface area contributed by atoms with Crippen LogP contribution in [0.4, 0.5) is 0 Å². The molecule has 15 rings (SSSR count). The quantitative estimate of drug-likeness (QED) is 0.233. The van der Waals surface area contributed by atoms with Crippen molar-refractivity contribution in [1.29, 1.82) is 0 Å². The molecule has 8 aliphatic heterocycles. The molecule has 8 heterocycles. The molecule has 75 heavy (non-hydrogen) atoms. The van der Waals surface area contributed by atoms with E-state index in [-0.39, 0.29) is 119 Å². The predicted octanol–water partition coefficient (Wildman–Crippen LogP) is 3.14. The van der Waals surface area contributed by atoms with Gasteiger partial charge in [0.15, 0.2) is 0 Å². The molecule has 12 aliphatic rings. The monoisotopic (exact) mass is 1020 g/mol. The zero-order chi connectivity index (χ0) is 53.6. The predicted molar refractivity (Wildman–Crippen MR) is 264 cm³/mol. The van der Waals surface area contributed by atoms with E-state index in [2.05, 4.69) is 24.3 Å². The minimum Gasteiger partial charge on any atom is -0.365 e. The van der Waals surface area contributed by atoms with Gasteiger partial charge < -0.3 is 4.74 Å². The minimum atomic E-state index is -0.243. The van der Waals surface area contributed by atoms with Crippen LogP contribution >= 0.6 is 0 Å². The van der Waals surface area contributed by atoms with Crippen molar-refractivity contribution in [2.45, 2.75) is 37.9 Å². The normalized spacial score (nSPS) is 31.9. The number of hydrogen-bond acceptors (Lipinski definition) is 13. The zero-order valence-corrected chi connectivity index (χ0v) is 42.0. The largest absolute Gasteiger partial charge is 0.365 e. The number of imide groups is 6. The zero-order valence-electron chi connectivity index (χ0n) is 42.0. The topological polar surface area (TPSA) is 234 Å². The Balaban J connectivity index is 0.000000104. The summed E-state index contributed by atoms with van der Waals surface area (Å²) in [6.07, 6.45) is 14.7. The number of amides is 12. The Bertz CT molecular complexity index is 2850. The summed E-state index contributed by atoms with van der Waals surface area (Å²) in [5, 5.41) is 1.71. The molecule has 0 N–H and O–H groups in total. The summed E-state index contributed by atoms with van der Waals surface area (Å²) < 4.78 is 5.45. The standard InChI is InChI=1S/C13H9NO2.2C10H11NO2.C9H9NO3.C9H7NO2.C5H7NO2/c1-14-12(15)9-6-2-4-8-5-3-7-10(11(8)9)13(14)16;2*1-11-9(12)7-5-2-3-6(4-5)8(7)10(11)13;1-10-8(11)6-4-2-3-5(13-4)7(6)9(10)12;1-10-8(11)6-4-2-3-5-7(6)9(10)12;1-6-4(7)2-3-5(6)8/h2-7H,1H3;2*2-3,5-8H,4H2,1H3;2-7H,1H3;2-5H,1H3;2-3H2,1H3. The smallest absolute Gasteiger partial charge is 0.261 e. The van der Waals surface area contributed by atoms with Crippen LogP contribution in [0.5, 0.6) is 0 Å². The van der Waals surface area contributed by atoms with E-state index in [4.69, 9.17) is 4.74 Å². The molecule has 6 bridgehead atoms. The van der Waals surface area contributed by atoms with Gasteiger partial charge in [0.2, 0.25) is 47.3 Å². The maximum absolute atomic E-state index is 11.9.